The maximum absolute atomic E-state index is 13.2. The van der Waals surface area contributed by atoms with E-state index in [1.54, 1.807) is 0 Å². The summed E-state index contributed by atoms with van der Waals surface area (Å²) in [6.45, 7) is 1.32. The quantitative estimate of drug-likeness (QED) is 0.292. The number of hydrogen-bond acceptors (Lipinski definition) is 3. The first-order valence-electron chi connectivity index (χ1n) is 10.1. The lowest BCUT2D eigenvalue weighted by Crippen LogP contribution is -2.51. The van der Waals surface area contributed by atoms with Crippen LogP contribution in [0, 0.1) is 11.3 Å². The van der Waals surface area contributed by atoms with E-state index in [1.165, 1.54) is 0 Å². The number of rotatable bonds is 8. The largest absolute Gasteiger partial charge is 0.446 e. The maximum atomic E-state index is 13.2. The molecule has 2 aromatic rings. The van der Waals surface area contributed by atoms with Crippen LogP contribution >= 0.6 is 0 Å². The molecule has 0 aliphatic rings. The Hall–Kier alpha value is -2.94. The summed E-state index contributed by atoms with van der Waals surface area (Å²) in [4.78, 5) is 13.2. The van der Waals surface area contributed by atoms with Crippen molar-refractivity contribution in [2.24, 2.45) is 0 Å². The minimum absolute atomic E-state index is 0.0280. The topological polar surface area (TPSA) is 50.1 Å². The second-order valence-corrected chi connectivity index (χ2v) is 9.57. The van der Waals surface area contributed by atoms with Crippen molar-refractivity contribution in [2.75, 3.05) is 55.4 Å². The lowest BCUT2D eigenvalue weighted by molar-refractivity contribution is -0.895. The van der Waals surface area contributed by atoms with Gasteiger partial charge in [0.15, 0.2) is 6.10 Å². The van der Waals surface area contributed by atoms with Gasteiger partial charge < -0.3 is 13.7 Å². The molecule has 5 nitrogen and oxygen atoms in total. The average Bonchev–Trinajstić information content (AvgIpc) is 2.64. The van der Waals surface area contributed by atoms with Crippen molar-refractivity contribution in [2.45, 2.75) is 6.10 Å². The fraction of sp³-hybridized carbons (Fsp3) is 0.360. The molecule has 0 heterocycles. The first-order valence-corrected chi connectivity index (χ1v) is 10.1. The Balaban J connectivity index is 2.49. The number of esters is 1. The van der Waals surface area contributed by atoms with Gasteiger partial charge in [0.25, 0.3) is 0 Å². The van der Waals surface area contributed by atoms with Crippen molar-refractivity contribution in [1.29, 1.82) is 5.26 Å². The molecule has 0 saturated carbocycles. The van der Waals surface area contributed by atoms with Gasteiger partial charge in [-0.3, -0.25) is 0 Å². The SMILES string of the molecule is C[N+](C)(C)CC(C[N+](C)(C)C)OC(=O)C(C#N)=C(c1ccccc1)c1ccccc1. The molecule has 0 saturated heterocycles. The summed E-state index contributed by atoms with van der Waals surface area (Å²) in [7, 11) is 12.4. The molecule has 0 amide bonds. The maximum Gasteiger partial charge on any atom is 0.350 e. The number of nitrogens with zero attached hydrogens (tertiary/aromatic N) is 3. The molecular weight excluding hydrogens is 374 g/mol. The standard InChI is InChI=1S/C25H33N3O2/c1-27(2,3)18-22(19-28(4,5)6)30-25(29)23(17-26)24(20-13-9-7-10-14-20)21-15-11-8-12-16-21/h7-16,22H,18-19H2,1-6H3/q+2. The monoisotopic (exact) mass is 407 g/mol. The Labute approximate surface area is 180 Å². The zero-order valence-electron chi connectivity index (χ0n) is 18.9. The molecule has 0 radical (unpaired) electrons. The molecule has 0 N–H and O–H groups in total. The van der Waals surface area contributed by atoms with Crippen LogP contribution in [0.25, 0.3) is 5.57 Å². The fourth-order valence-electron chi connectivity index (χ4n) is 3.43. The molecule has 0 aliphatic heterocycles. The number of hydrogen-bond donors (Lipinski definition) is 0. The van der Waals surface area contributed by atoms with Crippen molar-refractivity contribution in [1.82, 2.24) is 0 Å². The summed E-state index contributed by atoms with van der Waals surface area (Å²) in [5.74, 6) is -0.577. The first kappa shape index (κ1) is 23.3. The highest BCUT2D eigenvalue weighted by atomic mass is 16.5. The van der Waals surface area contributed by atoms with E-state index in [0.717, 1.165) is 11.1 Å². The van der Waals surface area contributed by atoms with Gasteiger partial charge in [0.1, 0.15) is 24.7 Å². The van der Waals surface area contributed by atoms with Crippen LogP contribution in [0.4, 0.5) is 0 Å². The van der Waals surface area contributed by atoms with Crippen LogP contribution in [0.5, 0.6) is 0 Å². The Morgan fingerprint density at radius 3 is 1.57 bits per heavy atom. The van der Waals surface area contributed by atoms with E-state index in [1.807, 2.05) is 60.7 Å². The Morgan fingerprint density at radius 1 is 0.833 bits per heavy atom. The molecular formula is C25H33N3O2+2. The van der Waals surface area contributed by atoms with Gasteiger partial charge in [0.05, 0.1) is 42.3 Å². The summed E-state index contributed by atoms with van der Waals surface area (Å²) in [6.07, 6.45) is -0.311. The summed E-state index contributed by atoms with van der Waals surface area (Å²) < 4.78 is 7.25. The summed E-state index contributed by atoms with van der Waals surface area (Å²) in [5.41, 5.74) is 2.25. The van der Waals surface area contributed by atoms with Crippen LogP contribution in [-0.4, -0.2) is 76.4 Å². The van der Waals surface area contributed by atoms with Gasteiger partial charge in [-0.15, -0.1) is 0 Å². The van der Waals surface area contributed by atoms with Crippen LogP contribution < -0.4 is 0 Å². The van der Waals surface area contributed by atoms with E-state index in [4.69, 9.17) is 4.74 Å². The molecule has 0 bridgehead atoms. The van der Waals surface area contributed by atoms with Gasteiger partial charge >= 0.3 is 5.97 Å². The Bertz CT molecular complexity index is 857. The molecule has 0 atom stereocenters. The first-order chi connectivity index (χ1) is 14.0. The summed E-state index contributed by atoms with van der Waals surface area (Å²) >= 11 is 0. The van der Waals surface area contributed by atoms with Crippen molar-refractivity contribution in [3.05, 3.63) is 77.4 Å². The molecule has 158 valence electrons. The van der Waals surface area contributed by atoms with Crippen LogP contribution in [0.2, 0.25) is 0 Å². The molecule has 30 heavy (non-hydrogen) atoms. The summed E-state index contributed by atoms with van der Waals surface area (Å²) in [5, 5.41) is 9.95. The number of quaternary nitrogens is 2. The molecule has 2 aromatic carbocycles. The highest BCUT2D eigenvalue weighted by Crippen LogP contribution is 2.27. The van der Waals surface area contributed by atoms with Gasteiger partial charge in [0, 0.05) is 5.57 Å². The number of carbonyl (C=O) groups is 1. The number of likely N-dealkylation sites (N-methyl/N-ethyl adjacent to an activating group) is 2. The number of nitriles is 1. The third kappa shape index (κ3) is 7.14. The molecule has 0 unspecified atom stereocenters. The van der Waals surface area contributed by atoms with E-state index < -0.39 is 5.97 Å². The van der Waals surface area contributed by atoms with Gasteiger partial charge in [-0.25, -0.2) is 4.79 Å². The average molecular weight is 408 g/mol. The van der Waals surface area contributed by atoms with E-state index in [-0.39, 0.29) is 11.7 Å². The fourth-order valence-corrected chi connectivity index (χ4v) is 3.43. The molecule has 2 rings (SSSR count). The zero-order chi connectivity index (χ0) is 22.4. The number of carbonyl (C=O) groups excluding carboxylic acids is 1. The normalized spacial score (nSPS) is 11.7. The van der Waals surface area contributed by atoms with E-state index in [9.17, 15) is 10.1 Å². The smallest absolute Gasteiger partial charge is 0.350 e. The third-order valence-electron chi connectivity index (χ3n) is 4.47. The van der Waals surface area contributed by atoms with E-state index in [0.29, 0.717) is 27.6 Å². The minimum Gasteiger partial charge on any atom is -0.446 e. The van der Waals surface area contributed by atoms with Crippen molar-refractivity contribution in [3.8, 4) is 6.07 Å². The Morgan fingerprint density at radius 2 is 1.23 bits per heavy atom. The van der Waals surface area contributed by atoms with Gasteiger partial charge in [-0.05, 0) is 11.1 Å². The van der Waals surface area contributed by atoms with Gasteiger partial charge in [0.2, 0.25) is 0 Å². The van der Waals surface area contributed by atoms with Crippen LogP contribution in [-0.2, 0) is 9.53 Å². The van der Waals surface area contributed by atoms with Crippen molar-refractivity contribution in [3.63, 3.8) is 0 Å². The zero-order valence-corrected chi connectivity index (χ0v) is 18.9. The molecule has 0 spiro atoms. The number of ether oxygens (including phenoxy) is 1. The molecule has 5 heteroatoms. The predicted octanol–water partition coefficient (Wildman–Crippen LogP) is 3.34. The van der Waals surface area contributed by atoms with Crippen LogP contribution in [0.1, 0.15) is 11.1 Å². The van der Waals surface area contributed by atoms with Crippen molar-refractivity contribution >= 4 is 11.5 Å². The predicted molar refractivity (Wildman–Crippen MR) is 120 cm³/mol. The second kappa shape index (κ2) is 9.71. The van der Waals surface area contributed by atoms with E-state index in [2.05, 4.69) is 48.4 Å². The highest BCUT2D eigenvalue weighted by molar-refractivity contribution is 6.05. The van der Waals surface area contributed by atoms with E-state index >= 15 is 0 Å². The third-order valence-corrected chi connectivity index (χ3v) is 4.47. The van der Waals surface area contributed by atoms with Gasteiger partial charge in [-0.1, -0.05) is 60.7 Å². The second-order valence-electron chi connectivity index (χ2n) is 9.57. The summed E-state index contributed by atoms with van der Waals surface area (Å²) in [6, 6.07) is 21.2. The Kier molecular flexibility index (Phi) is 7.55. The lowest BCUT2D eigenvalue weighted by atomic mass is 9.93. The highest BCUT2D eigenvalue weighted by Gasteiger charge is 2.30. The molecule has 0 aliphatic carbocycles. The molecule has 0 aromatic heterocycles. The number of benzene rings is 2. The van der Waals surface area contributed by atoms with Gasteiger partial charge in [-0.2, -0.15) is 5.26 Å². The van der Waals surface area contributed by atoms with Crippen LogP contribution in [0.15, 0.2) is 66.2 Å². The molecule has 0 fully saturated rings. The van der Waals surface area contributed by atoms with Crippen LogP contribution in [0.3, 0.4) is 0 Å². The van der Waals surface area contributed by atoms with Crippen molar-refractivity contribution < 1.29 is 18.5 Å². The minimum atomic E-state index is -0.577. The lowest BCUT2D eigenvalue weighted by Gasteiger charge is -2.33.